The van der Waals surface area contributed by atoms with Crippen molar-refractivity contribution in [3.8, 4) is 11.5 Å². The van der Waals surface area contributed by atoms with Crippen LogP contribution in [0, 0.1) is 0 Å². The van der Waals surface area contributed by atoms with Crippen molar-refractivity contribution in [1.82, 2.24) is 25.3 Å². The summed E-state index contributed by atoms with van der Waals surface area (Å²) in [6.45, 7) is 5.31. The maximum Gasteiger partial charge on any atom is 0.228 e. The predicted octanol–water partition coefficient (Wildman–Crippen LogP) is 1.03. The average Bonchev–Trinajstić information content (AvgIpc) is 2.92. The molecule has 3 aromatic rings. The Morgan fingerprint density at radius 1 is 0.971 bits per heavy atom. The minimum absolute atomic E-state index is 0.525. The summed E-state index contributed by atoms with van der Waals surface area (Å²) in [4.78, 5) is 23.3. The normalized spacial score (nSPS) is 17.0. The Hall–Kier alpha value is -3.09. The fourth-order valence-electron chi connectivity index (χ4n) is 4.30. The lowest BCUT2D eigenvalue weighted by Gasteiger charge is -2.32. The van der Waals surface area contributed by atoms with E-state index in [1.165, 1.54) is 0 Å². The number of nitrogens with one attached hydrogen (secondary N) is 2. The van der Waals surface area contributed by atoms with E-state index in [0.29, 0.717) is 65.4 Å². The van der Waals surface area contributed by atoms with Gasteiger partial charge in [0.2, 0.25) is 5.95 Å². The highest BCUT2D eigenvalue weighted by molar-refractivity contribution is 7.91. The third-order valence-electron chi connectivity index (χ3n) is 6.24. The maximum atomic E-state index is 12.0. The van der Waals surface area contributed by atoms with Crippen LogP contribution in [0.1, 0.15) is 5.56 Å². The number of anilines is 3. The van der Waals surface area contributed by atoms with Crippen molar-refractivity contribution in [3.05, 3.63) is 30.1 Å². The summed E-state index contributed by atoms with van der Waals surface area (Å²) in [6, 6.07) is 5.81. The Morgan fingerprint density at radius 3 is 2.49 bits per heavy atom. The Balaban J connectivity index is 1.50. The number of hydrogen-bond donors (Lipinski definition) is 2. The number of ether oxygens (including phenoxy) is 2. The van der Waals surface area contributed by atoms with Crippen LogP contribution in [0.15, 0.2) is 24.5 Å². The summed E-state index contributed by atoms with van der Waals surface area (Å²) in [5, 5.41) is 6.80. The maximum absolute atomic E-state index is 12.0. The zero-order valence-corrected chi connectivity index (χ0v) is 20.8. The smallest absolute Gasteiger partial charge is 0.228 e. The van der Waals surface area contributed by atoms with Crippen molar-refractivity contribution < 1.29 is 14.0 Å². The molecule has 0 bridgehead atoms. The van der Waals surface area contributed by atoms with Crippen LogP contribution in [0.2, 0.25) is 0 Å². The molecule has 2 N–H and O–H groups in total. The van der Waals surface area contributed by atoms with E-state index in [1.807, 2.05) is 18.2 Å². The summed E-state index contributed by atoms with van der Waals surface area (Å²) in [6.07, 6.45) is 1.54. The van der Waals surface area contributed by atoms with Crippen LogP contribution in [-0.4, -0.2) is 89.5 Å². The molecule has 2 fully saturated rings. The predicted molar refractivity (Wildman–Crippen MR) is 137 cm³/mol. The van der Waals surface area contributed by atoms with E-state index in [9.17, 15) is 4.55 Å². The molecule has 0 saturated carbocycles. The Morgan fingerprint density at radius 2 is 1.74 bits per heavy atom. The van der Waals surface area contributed by atoms with E-state index in [4.69, 9.17) is 19.4 Å². The molecule has 12 heteroatoms. The van der Waals surface area contributed by atoms with Gasteiger partial charge in [-0.3, -0.25) is 0 Å². The number of nitrogens with zero attached hydrogens (tertiary/aromatic N) is 6. The molecule has 1 aromatic carbocycles. The van der Waals surface area contributed by atoms with Crippen molar-refractivity contribution in [2.45, 2.75) is 6.54 Å². The highest BCUT2D eigenvalue weighted by atomic mass is 32.2. The monoisotopic (exact) mass is 498 g/mol. The van der Waals surface area contributed by atoms with E-state index in [0.717, 1.165) is 37.6 Å². The third-order valence-corrected chi connectivity index (χ3v) is 7.51. The van der Waals surface area contributed by atoms with E-state index in [1.54, 1.807) is 20.5 Å². The van der Waals surface area contributed by atoms with Crippen molar-refractivity contribution in [3.63, 3.8) is 0 Å². The molecule has 0 atom stereocenters. The third kappa shape index (κ3) is 5.14. The summed E-state index contributed by atoms with van der Waals surface area (Å²) in [5.41, 5.74) is 2.39. The van der Waals surface area contributed by atoms with E-state index >= 15 is 0 Å². The van der Waals surface area contributed by atoms with Crippen LogP contribution >= 0.6 is 0 Å². The van der Waals surface area contributed by atoms with Crippen molar-refractivity contribution in [1.29, 1.82) is 0 Å². The standard InChI is InChI=1S/C23H30N8O3S/c1-33-17-4-3-16(13-18(17)34-2)14-25-21-19-20(26-15-27-21)22(30-9-11-35(32)12-10-30)29-23(28-19)31-7-5-24-6-8-31/h3-4,13,15,24H,5-12,14H2,1-2H3,(H,25,26,27). The number of piperazine rings is 1. The lowest BCUT2D eigenvalue weighted by molar-refractivity contribution is 0.354. The fraction of sp³-hybridized carbons (Fsp3) is 0.478. The molecule has 2 aromatic heterocycles. The van der Waals surface area contributed by atoms with Gasteiger partial charge in [0.15, 0.2) is 23.1 Å². The molecule has 4 heterocycles. The van der Waals surface area contributed by atoms with Crippen LogP contribution < -0.4 is 29.9 Å². The van der Waals surface area contributed by atoms with Gasteiger partial charge >= 0.3 is 0 Å². The minimum Gasteiger partial charge on any atom is -0.616 e. The molecule has 186 valence electrons. The number of fused-ring (bicyclic) bond motifs is 1. The number of methoxy groups -OCH3 is 2. The van der Waals surface area contributed by atoms with Gasteiger partial charge in [0.25, 0.3) is 0 Å². The Kier molecular flexibility index (Phi) is 7.21. The summed E-state index contributed by atoms with van der Waals surface area (Å²) in [5.74, 6) is 4.71. The van der Waals surface area contributed by atoms with E-state index < -0.39 is 11.2 Å². The molecular formula is C23H30N8O3S. The molecule has 0 aliphatic carbocycles. The SMILES string of the molecule is COc1ccc(CNc2ncnc3c(N4CC[S+]([O-])CC4)nc(N4CCNCC4)nc23)cc1OC. The van der Waals surface area contributed by atoms with Gasteiger partial charge < -0.3 is 34.5 Å². The lowest BCUT2D eigenvalue weighted by atomic mass is 10.2. The molecular weight excluding hydrogens is 468 g/mol. The highest BCUT2D eigenvalue weighted by Gasteiger charge is 2.26. The second-order valence-corrected chi connectivity index (χ2v) is 10.1. The van der Waals surface area contributed by atoms with Gasteiger partial charge in [0.05, 0.1) is 27.3 Å². The minimum atomic E-state index is -0.780. The van der Waals surface area contributed by atoms with Gasteiger partial charge in [-0.1, -0.05) is 17.2 Å². The van der Waals surface area contributed by atoms with Crippen LogP contribution in [0.3, 0.4) is 0 Å². The van der Waals surface area contributed by atoms with Gasteiger partial charge in [0, 0.05) is 32.7 Å². The van der Waals surface area contributed by atoms with Gasteiger partial charge in [-0.2, -0.15) is 4.98 Å². The lowest BCUT2D eigenvalue weighted by Crippen LogP contribution is -2.45. The van der Waals surface area contributed by atoms with Crippen LogP contribution in [0.25, 0.3) is 11.0 Å². The molecule has 2 aliphatic rings. The first kappa shape index (κ1) is 23.6. The van der Waals surface area contributed by atoms with Crippen molar-refractivity contribution in [2.75, 3.05) is 80.1 Å². The average molecular weight is 499 g/mol. The number of hydrogen-bond acceptors (Lipinski definition) is 11. The Labute approximate surface area is 207 Å². The van der Waals surface area contributed by atoms with Crippen LogP contribution in [0.5, 0.6) is 11.5 Å². The van der Waals surface area contributed by atoms with Crippen molar-refractivity contribution in [2.24, 2.45) is 0 Å². The zero-order chi connectivity index (χ0) is 24.2. The highest BCUT2D eigenvalue weighted by Crippen LogP contribution is 2.31. The van der Waals surface area contributed by atoms with Gasteiger partial charge in [-0.25, -0.2) is 15.0 Å². The number of benzene rings is 1. The zero-order valence-electron chi connectivity index (χ0n) is 20.0. The molecule has 0 unspecified atom stereocenters. The molecule has 0 spiro atoms. The largest absolute Gasteiger partial charge is 0.616 e. The van der Waals surface area contributed by atoms with Crippen LogP contribution in [-0.2, 0) is 17.7 Å². The molecule has 0 amide bonds. The summed E-state index contributed by atoms with van der Waals surface area (Å²) >= 11 is -0.780. The quantitative estimate of drug-likeness (QED) is 0.454. The summed E-state index contributed by atoms with van der Waals surface area (Å²) < 4.78 is 22.7. The first-order chi connectivity index (χ1) is 17.2. The fourth-order valence-corrected chi connectivity index (χ4v) is 5.36. The van der Waals surface area contributed by atoms with E-state index in [2.05, 4.69) is 30.4 Å². The second-order valence-electron chi connectivity index (χ2n) is 8.38. The van der Waals surface area contributed by atoms with Gasteiger partial charge in [0.1, 0.15) is 28.9 Å². The molecule has 5 rings (SSSR count). The van der Waals surface area contributed by atoms with Gasteiger partial charge in [-0.05, 0) is 17.7 Å². The molecule has 0 radical (unpaired) electrons. The van der Waals surface area contributed by atoms with Crippen LogP contribution in [0.4, 0.5) is 17.6 Å². The number of rotatable bonds is 7. The first-order valence-electron chi connectivity index (χ1n) is 11.7. The van der Waals surface area contributed by atoms with Crippen molar-refractivity contribution >= 4 is 39.8 Å². The topological polar surface area (TPSA) is 124 Å². The second kappa shape index (κ2) is 10.7. The van der Waals surface area contributed by atoms with E-state index in [-0.39, 0.29) is 0 Å². The molecule has 2 saturated heterocycles. The molecule has 11 nitrogen and oxygen atoms in total. The molecule has 35 heavy (non-hydrogen) atoms. The number of aromatic nitrogens is 4. The summed E-state index contributed by atoms with van der Waals surface area (Å²) in [7, 11) is 3.25. The molecule has 2 aliphatic heterocycles. The first-order valence-corrected chi connectivity index (χ1v) is 13.2. The Bertz CT molecular complexity index is 1170. The van der Waals surface area contributed by atoms with Gasteiger partial charge in [-0.15, -0.1) is 0 Å².